The molecule has 0 unspecified atom stereocenters. The smallest absolute Gasteiger partial charge is 0.335 e. The zero-order valence-corrected chi connectivity index (χ0v) is 40.0. The first kappa shape index (κ1) is 49.9. The number of aromatic nitrogens is 3. The first-order chi connectivity index (χ1) is 34.2. The molecule has 3 aromatic heterocycles. The molecule has 0 spiro atoms. The molecule has 360 valence electrons. The molecule has 0 radical (unpaired) electrons. The van der Waals surface area contributed by atoms with E-state index in [0.29, 0.717) is 6.61 Å². The summed E-state index contributed by atoms with van der Waals surface area (Å²) in [5.74, 6) is -0.247. The highest BCUT2D eigenvalue weighted by molar-refractivity contribution is 5.90. The monoisotopic (exact) mass is 949 g/mol. The van der Waals surface area contributed by atoms with E-state index in [4.69, 9.17) is 29.5 Å². The third-order valence-corrected chi connectivity index (χ3v) is 10.8. The number of hydrogen-bond acceptors (Lipinski definition) is 6. The van der Waals surface area contributed by atoms with Crippen LogP contribution < -0.4 is 14.2 Å². The van der Waals surface area contributed by atoms with Crippen LogP contribution >= 0.6 is 0 Å². The van der Waals surface area contributed by atoms with Crippen molar-refractivity contribution in [1.29, 1.82) is 0 Å². The second-order valence-electron chi connectivity index (χ2n) is 16.8. The number of carboxylic acid groups (broad SMARTS) is 3. The number of hydrogen-bond donors (Lipinski definition) is 3. The van der Waals surface area contributed by atoms with Gasteiger partial charge in [0.15, 0.2) is 0 Å². The van der Waals surface area contributed by atoms with Crippen LogP contribution in [0.15, 0.2) is 201 Å². The van der Waals surface area contributed by atoms with Crippen molar-refractivity contribution >= 4 is 17.9 Å². The molecular weight excluding hydrogens is 895 g/mol. The molecule has 71 heavy (non-hydrogen) atoms. The summed E-state index contributed by atoms with van der Waals surface area (Å²) in [5.41, 5.74) is 9.45. The van der Waals surface area contributed by atoms with Crippen molar-refractivity contribution in [2.45, 2.75) is 46.8 Å². The zero-order chi connectivity index (χ0) is 50.4. The summed E-state index contributed by atoms with van der Waals surface area (Å²) in [4.78, 5) is 33.3. The number of benzene rings is 6. The zero-order valence-electron chi connectivity index (χ0n) is 40.0. The third kappa shape index (κ3) is 13.6. The van der Waals surface area contributed by atoms with Gasteiger partial charge in [-0.05, 0) is 183 Å². The van der Waals surface area contributed by atoms with Gasteiger partial charge in [-0.3, -0.25) is 0 Å². The van der Waals surface area contributed by atoms with Crippen LogP contribution in [0.25, 0.3) is 50.4 Å². The average molecular weight is 950 g/mol. The molecule has 0 amide bonds. The largest absolute Gasteiger partial charge is 0.494 e. The van der Waals surface area contributed by atoms with E-state index in [1.807, 2.05) is 195 Å². The number of ether oxygens (including phenoxy) is 3. The van der Waals surface area contributed by atoms with Crippen LogP contribution in [0.3, 0.4) is 0 Å². The summed E-state index contributed by atoms with van der Waals surface area (Å²) in [6.07, 6.45) is 12.1. The fraction of sp³-hybridized carbons (Fsp3) is 0.136. The Morgan fingerprint density at radius 2 is 0.775 bits per heavy atom. The molecule has 9 aromatic rings. The molecule has 12 heteroatoms. The van der Waals surface area contributed by atoms with E-state index in [0.717, 1.165) is 67.7 Å². The van der Waals surface area contributed by atoms with Crippen LogP contribution in [0.1, 0.15) is 65.7 Å². The highest BCUT2D eigenvalue weighted by atomic mass is 16.5. The van der Waals surface area contributed by atoms with Gasteiger partial charge in [0.2, 0.25) is 0 Å². The lowest BCUT2D eigenvalue weighted by Crippen LogP contribution is -2.05. The minimum atomic E-state index is -0.921. The van der Waals surface area contributed by atoms with Crippen LogP contribution in [-0.2, 0) is 0 Å². The SMILES string of the molecule is CC(C)Oc1ccc(-n2ccc(-c3cccc(C(=O)O)c3)c2)cc1.CC(C)Oc1cccc(-n2ccc(-c3cccc(C(=O)O)c3)c2)c1.CCOc1ccc(-n2ccc(-c3cccc(C(=O)O)c3)c2)cc1. The van der Waals surface area contributed by atoms with Crippen LogP contribution in [-0.4, -0.2) is 65.7 Å². The molecule has 0 bridgehead atoms. The molecule has 3 heterocycles. The minimum Gasteiger partial charge on any atom is -0.494 e. The van der Waals surface area contributed by atoms with Crippen molar-refractivity contribution < 1.29 is 43.9 Å². The molecule has 0 fully saturated rings. The van der Waals surface area contributed by atoms with Gasteiger partial charge in [0.1, 0.15) is 17.2 Å². The molecule has 9 rings (SSSR count). The maximum atomic E-state index is 11.1. The molecule has 0 aliphatic rings. The predicted octanol–water partition coefficient (Wildman–Crippen LogP) is 13.5. The Labute approximate surface area is 412 Å². The maximum Gasteiger partial charge on any atom is 0.335 e. The lowest BCUT2D eigenvalue weighted by atomic mass is 10.1. The van der Waals surface area contributed by atoms with Crippen LogP contribution in [0, 0.1) is 0 Å². The number of rotatable bonds is 15. The molecule has 0 saturated carbocycles. The normalized spacial score (nSPS) is 10.7. The van der Waals surface area contributed by atoms with Crippen molar-refractivity contribution in [3.63, 3.8) is 0 Å². The second kappa shape index (κ2) is 23.3. The topological polar surface area (TPSA) is 154 Å². The van der Waals surface area contributed by atoms with Crippen LogP contribution in [0.4, 0.5) is 0 Å². The molecule has 0 aliphatic carbocycles. The van der Waals surface area contributed by atoms with E-state index >= 15 is 0 Å². The second-order valence-corrected chi connectivity index (χ2v) is 16.8. The van der Waals surface area contributed by atoms with Gasteiger partial charge in [0.25, 0.3) is 0 Å². The Bertz CT molecular complexity index is 3210. The standard InChI is InChI=1S/2C20H19NO3.C19H17NO3/c1-14(2)24-19-8-4-7-18(12-19)21-10-9-17(13-21)15-5-3-6-16(11-15)20(22)23;1-14(2)24-19-8-6-18(7-9-19)21-11-10-17(13-21)15-4-3-5-16(12-15)20(22)23;1-2-23-18-8-6-17(7-9-18)20-11-10-16(13-20)14-4-3-5-15(12-14)19(21)22/h2*3-14H,1-2H3,(H,22,23);3-13H,2H2,1H3,(H,21,22). The first-order valence-electron chi connectivity index (χ1n) is 23.1. The van der Waals surface area contributed by atoms with Gasteiger partial charge < -0.3 is 43.2 Å². The third-order valence-electron chi connectivity index (χ3n) is 10.8. The highest BCUT2D eigenvalue weighted by Gasteiger charge is 2.11. The van der Waals surface area contributed by atoms with Crippen molar-refractivity contribution in [3.8, 4) is 67.7 Å². The van der Waals surface area contributed by atoms with E-state index in [1.54, 1.807) is 54.6 Å². The van der Waals surface area contributed by atoms with Gasteiger partial charge in [-0.1, -0.05) is 42.5 Å². The number of aromatic carboxylic acids is 3. The Hall–Kier alpha value is -9.03. The van der Waals surface area contributed by atoms with Gasteiger partial charge in [0, 0.05) is 60.3 Å². The average Bonchev–Trinajstić information content (AvgIpc) is 4.18. The Balaban J connectivity index is 0.000000157. The van der Waals surface area contributed by atoms with E-state index in [1.165, 1.54) is 0 Å². The maximum absolute atomic E-state index is 11.1. The quantitative estimate of drug-likeness (QED) is 0.0911. The summed E-state index contributed by atoms with van der Waals surface area (Å²) in [6, 6.07) is 50.3. The van der Waals surface area contributed by atoms with Crippen molar-refractivity contribution in [1.82, 2.24) is 13.7 Å². The van der Waals surface area contributed by atoms with Crippen molar-refractivity contribution in [3.05, 3.63) is 218 Å². The number of carboxylic acids is 3. The molecule has 0 atom stereocenters. The molecule has 0 aliphatic heterocycles. The van der Waals surface area contributed by atoms with Gasteiger partial charge in [-0.2, -0.15) is 0 Å². The van der Waals surface area contributed by atoms with Gasteiger partial charge >= 0.3 is 17.9 Å². The van der Waals surface area contributed by atoms with E-state index in [-0.39, 0.29) is 28.9 Å². The van der Waals surface area contributed by atoms with E-state index in [9.17, 15) is 14.4 Å². The summed E-state index contributed by atoms with van der Waals surface area (Å²) in [6.45, 7) is 10.6. The fourth-order valence-electron chi connectivity index (χ4n) is 7.52. The van der Waals surface area contributed by atoms with Gasteiger partial charge in [-0.15, -0.1) is 0 Å². The van der Waals surface area contributed by atoms with Gasteiger partial charge in [0.05, 0.1) is 35.5 Å². The summed E-state index contributed by atoms with van der Waals surface area (Å²) in [5, 5.41) is 27.3. The Morgan fingerprint density at radius 1 is 0.408 bits per heavy atom. The van der Waals surface area contributed by atoms with Crippen molar-refractivity contribution in [2.75, 3.05) is 6.61 Å². The molecule has 0 saturated heterocycles. The van der Waals surface area contributed by atoms with Gasteiger partial charge in [-0.25, -0.2) is 14.4 Å². The van der Waals surface area contributed by atoms with E-state index < -0.39 is 17.9 Å². The summed E-state index contributed by atoms with van der Waals surface area (Å²) >= 11 is 0. The predicted molar refractivity (Wildman–Crippen MR) is 277 cm³/mol. The Morgan fingerprint density at radius 3 is 1.15 bits per heavy atom. The van der Waals surface area contributed by atoms with E-state index in [2.05, 4.69) is 0 Å². The molecule has 6 aromatic carbocycles. The molecule has 3 N–H and O–H groups in total. The lowest BCUT2D eigenvalue weighted by Gasteiger charge is -2.11. The fourth-order valence-corrected chi connectivity index (χ4v) is 7.52. The Kier molecular flexibility index (Phi) is 16.4. The number of nitrogens with zero attached hydrogens (tertiary/aromatic N) is 3. The van der Waals surface area contributed by atoms with Crippen LogP contribution in [0.5, 0.6) is 17.2 Å². The first-order valence-corrected chi connectivity index (χ1v) is 23.1. The summed E-state index contributed by atoms with van der Waals surface area (Å²) in [7, 11) is 0. The van der Waals surface area contributed by atoms with Crippen molar-refractivity contribution in [2.24, 2.45) is 0 Å². The molecule has 12 nitrogen and oxygen atoms in total. The number of carbonyl (C=O) groups is 3. The van der Waals surface area contributed by atoms with Crippen LogP contribution in [0.2, 0.25) is 0 Å². The lowest BCUT2D eigenvalue weighted by molar-refractivity contribution is 0.0686. The molecular formula is C59H55N3O9. The summed E-state index contributed by atoms with van der Waals surface area (Å²) < 4.78 is 22.8. The highest BCUT2D eigenvalue weighted by Crippen LogP contribution is 2.28. The minimum absolute atomic E-state index is 0.124.